The van der Waals surface area contributed by atoms with E-state index in [0.29, 0.717) is 12.3 Å². The van der Waals surface area contributed by atoms with Gasteiger partial charge in [-0.05, 0) is 51.1 Å². The molecule has 1 fully saturated rings. The highest BCUT2D eigenvalue weighted by Gasteiger charge is 2.27. The fourth-order valence-corrected chi connectivity index (χ4v) is 2.71. The normalized spacial score (nSPS) is 18.1. The summed E-state index contributed by atoms with van der Waals surface area (Å²) in [7, 11) is 0. The van der Waals surface area contributed by atoms with Crippen molar-refractivity contribution in [3.05, 3.63) is 0 Å². The zero-order valence-electron chi connectivity index (χ0n) is 11.6. The van der Waals surface area contributed by atoms with Gasteiger partial charge in [0.1, 0.15) is 0 Å². The Morgan fingerprint density at radius 3 is 2.18 bits per heavy atom. The van der Waals surface area contributed by atoms with Crippen LogP contribution in [0, 0.1) is 5.92 Å². The van der Waals surface area contributed by atoms with Gasteiger partial charge in [-0.15, -0.1) is 0 Å². The van der Waals surface area contributed by atoms with E-state index in [9.17, 15) is 4.79 Å². The number of rotatable bonds is 6. The van der Waals surface area contributed by atoms with Crippen molar-refractivity contribution in [2.24, 2.45) is 5.92 Å². The van der Waals surface area contributed by atoms with E-state index in [1.54, 1.807) is 0 Å². The van der Waals surface area contributed by atoms with Gasteiger partial charge < -0.3 is 10.6 Å². The van der Waals surface area contributed by atoms with Crippen molar-refractivity contribution in [1.82, 2.24) is 10.6 Å². The van der Waals surface area contributed by atoms with Gasteiger partial charge >= 0.3 is 0 Å². The minimum absolute atomic E-state index is 0.0317. The highest BCUT2D eigenvalue weighted by atomic mass is 16.1. The smallest absolute Gasteiger partial charge is 0.220 e. The third-order valence-electron chi connectivity index (χ3n) is 4.37. The Bertz CT molecular complexity index is 222. The summed E-state index contributed by atoms with van der Waals surface area (Å²) in [6.45, 7) is 8.63. The number of nitrogens with one attached hydrogen (secondary N) is 2. The van der Waals surface area contributed by atoms with Crippen molar-refractivity contribution in [2.45, 2.75) is 64.8 Å². The molecule has 0 saturated carbocycles. The summed E-state index contributed by atoms with van der Waals surface area (Å²) in [6, 6.07) is 0. The van der Waals surface area contributed by atoms with Crippen LogP contribution < -0.4 is 10.6 Å². The average molecular weight is 240 g/mol. The van der Waals surface area contributed by atoms with Crippen molar-refractivity contribution >= 4 is 5.91 Å². The van der Waals surface area contributed by atoms with E-state index >= 15 is 0 Å². The van der Waals surface area contributed by atoms with Crippen LogP contribution >= 0.6 is 0 Å². The second-order valence-corrected chi connectivity index (χ2v) is 5.29. The van der Waals surface area contributed by atoms with Crippen LogP contribution in [0.1, 0.15) is 59.3 Å². The molecule has 1 aliphatic heterocycles. The molecule has 0 spiro atoms. The van der Waals surface area contributed by atoms with E-state index < -0.39 is 0 Å². The van der Waals surface area contributed by atoms with Crippen LogP contribution in [0.15, 0.2) is 0 Å². The van der Waals surface area contributed by atoms with Crippen LogP contribution in [-0.4, -0.2) is 24.5 Å². The van der Waals surface area contributed by atoms with E-state index in [2.05, 4.69) is 31.4 Å². The molecule has 0 radical (unpaired) electrons. The standard InChI is InChI=1S/C14H28N2O/c1-4-14(5-2,6-3)16-13(17)11-12-7-9-15-10-8-12/h12,15H,4-11H2,1-3H3,(H,16,17). The lowest BCUT2D eigenvalue weighted by Gasteiger charge is -2.33. The average Bonchev–Trinajstić information content (AvgIpc) is 2.37. The molecule has 2 N–H and O–H groups in total. The van der Waals surface area contributed by atoms with Crippen LogP contribution in [0.5, 0.6) is 0 Å². The van der Waals surface area contributed by atoms with Crippen molar-refractivity contribution in [1.29, 1.82) is 0 Å². The Morgan fingerprint density at radius 1 is 1.18 bits per heavy atom. The lowest BCUT2D eigenvalue weighted by atomic mass is 9.88. The maximum atomic E-state index is 12.1. The minimum atomic E-state index is 0.0317. The SMILES string of the molecule is CCC(CC)(CC)NC(=O)CC1CCNCC1. The molecule has 1 amide bonds. The zero-order valence-corrected chi connectivity index (χ0v) is 11.6. The van der Waals surface area contributed by atoms with Gasteiger partial charge in [0.15, 0.2) is 0 Å². The molecule has 17 heavy (non-hydrogen) atoms. The molecular formula is C14H28N2O. The van der Waals surface area contributed by atoms with Crippen molar-refractivity contribution < 1.29 is 4.79 Å². The first-order chi connectivity index (χ1) is 8.15. The van der Waals surface area contributed by atoms with E-state index in [-0.39, 0.29) is 11.4 Å². The third-order valence-corrected chi connectivity index (χ3v) is 4.37. The molecule has 0 aromatic heterocycles. The third kappa shape index (κ3) is 4.30. The Hall–Kier alpha value is -0.570. The molecule has 0 aromatic carbocycles. The van der Waals surface area contributed by atoms with Gasteiger partial charge in [0.05, 0.1) is 0 Å². The maximum absolute atomic E-state index is 12.1. The number of carbonyl (C=O) groups excluding carboxylic acids is 1. The number of amides is 1. The molecular weight excluding hydrogens is 212 g/mol. The number of piperidine rings is 1. The first kappa shape index (κ1) is 14.5. The van der Waals surface area contributed by atoms with Gasteiger partial charge in [-0.2, -0.15) is 0 Å². The topological polar surface area (TPSA) is 41.1 Å². The van der Waals surface area contributed by atoms with Gasteiger partial charge in [0.25, 0.3) is 0 Å². The first-order valence-corrected chi connectivity index (χ1v) is 7.17. The van der Waals surface area contributed by atoms with Gasteiger partial charge in [0, 0.05) is 12.0 Å². The Labute approximate surface area is 106 Å². The molecule has 1 rings (SSSR count). The molecule has 1 aliphatic rings. The second kappa shape index (κ2) is 7.00. The number of hydrogen-bond donors (Lipinski definition) is 2. The zero-order chi connectivity index (χ0) is 12.7. The molecule has 100 valence electrons. The molecule has 1 saturated heterocycles. The van der Waals surface area contributed by atoms with Crippen LogP contribution in [0.25, 0.3) is 0 Å². The van der Waals surface area contributed by atoms with Crippen molar-refractivity contribution in [2.75, 3.05) is 13.1 Å². The van der Waals surface area contributed by atoms with Gasteiger partial charge in [0.2, 0.25) is 5.91 Å². The lowest BCUT2D eigenvalue weighted by Crippen LogP contribution is -2.47. The molecule has 0 unspecified atom stereocenters. The van der Waals surface area contributed by atoms with Crippen LogP contribution in [0.4, 0.5) is 0 Å². The van der Waals surface area contributed by atoms with Crippen molar-refractivity contribution in [3.63, 3.8) is 0 Å². The first-order valence-electron chi connectivity index (χ1n) is 7.17. The number of hydrogen-bond acceptors (Lipinski definition) is 2. The molecule has 0 atom stereocenters. The monoisotopic (exact) mass is 240 g/mol. The molecule has 3 nitrogen and oxygen atoms in total. The molecule has 0 aliphatic carbocycles. The second-order valence-electron chi connectivity index (χ2n) is 5.29. The van der Waals surface area contributed by atoms with Crippen LogP contribution in [-0.2, 0) is 4.79 Å². The molecule has 0 bridgehead atoms. The molecule has 3 heteroatoms. The van der Waals surface area contributed by atoms with Crippen LogP contribution in [0.3, 0.4) is 0 Å². The Balaban J connectivity index is 2.41. The van der Waals surface area contributed by atoms with E-state index in [4.69, 9.17) is 0 Å². The predicted octanol–water partition coefficient (Wildman–Crippen LogP) is 2.46. The fraction of sp³-hybridized carbons (Fsp3) is 0.929. The van der Waals surface area contributed by atoms with E-state index in [1.807, 2.05) is 0 Å². The summed E-state index contributed by atoms with van der Waals surface area (Å²) in [5, 5.41) is 6.61. The lowest BCUT2D eigenvalue weighted by molar-refractivity contribution is -0.124. The Kier molecular flexibility index (Phi) is 5.96. The van der Waals surface area contributed by atoms with Gasteiger partial charge in [-0.1, -0.05) is 20.8 Å². The van der Waals surface area contributed by atoms with E-state index in [0.717, 1.165) is 45.2 Å². The summed E-state index contributed by atoms with van der Waals surface area (Å²) < 4.78 is 0. The summed E-state index contributed by atoms with van der Waals surface area (Å²) >= 11 is 0. The summed E-state index contributed by atoms with van der Waals surface area (Å²) in [5.41, 5.74) is 0.0317. The predicted molar refractivity (Wildman–Crippen MR) is 72.0 cm³/mol. The minimum Gasteiger partial charge on any atom is -0.351 e. The summed E-state index contributed by atoms with van der Waals surface area (Å²) in [6.07, 6.45) is 6.08. The highest BCUT2D eigenvalue weighted by Crippen LogP contribution is 2.21. The van der Waals surface area contributed by atoms with Gasteiger partial charge in [-0.3, -0.25) is 4.79 Å². The quantitative estimate of drug-likeness (QED) is 0.749. The highest BCUT2D eigenvalue weighted by molar-refractivity contribution is 5.77. The summed E-state index contributed by atoms with van der Waals surface area (Å²) in [5.74, 6) is 0.835. The van der Waals surface area contributed by atoms with E-state index in [1.165, 1.54) is 0 Å². The maximum Gasteiger partial charge on any atom is 0.220 e. The molecule has 1 heterocycles. The largest absolute Gasteiger partial charge is 0.351 e. The summed E-state index contributed by atoms with van der Waals surface area (Å²) in [4.78, 5) is 12.1. The number of carbonyl (C=O) groups is 1. The fourth-order valence-electron chi connectivity index (χ4n) is 2.71. The van der Waals surface area contributed by atoms with Gasteiger partial charge in [-0.25, -0.2) is 0 Å². The molecule has 0 aromatic rings. The van der Waals surface area contributed by atoms with Crippen LogP contribution in [0.2, 0.25) is 0 Å². The van der Waals surface area contributed by atoms with Crippen molar-refractivity contribution in [3.8, 4) is 0 Å². The Morgan fingerprint density at radius 2 is 1.71 bits per heavy atom.